The highest BCUT2D eigenvalue weighted by molar-refractivity contribution is 7.10. The molecule has 0 saturated heterocycles. The van der Waals surface area contributed by atoms with Crippen LogP contribution >= 0.6 is 11.3 Å². The molecule has 1 atom stereocenters. The summed E-state index contributed by atoms with van der Waals surface area (Å²) in [5.41, 5.74) is 0.594. The maximum absolute atomic E-state index is 12.7. The molecule has 0 saturated carbocycles. The maximum Gasteiger partial charge on any atom is 0.238 e. The molecule has 0 radical (unpaired) electrons. The van der Waals surface area contributed by atoms with Crippen molar-refractivity contribution in [1.29, 1.82) is 0 Å². The molecule has 1 amide bonds. The molecule has 1 aromatic carbocycles. The number of amides is 1. The van der Waals surface area contributed by atoms with E-state index in [9.17, 15) is 9.18 Å². The molecule has 0 aliphatic heterocycles. The number of benzene rings is 1. The Kier molecular flexibility index (Phi) is 4.65. The summed E-state index contributed by atoms with van der Waals surface area (Å²) in [7, 11) is 0. The zero-order valence-electron chi connectivity index (χ0n) is 10.5. The van der Waals surface area contributed by atoms with E-state index in [0.29, 0.717) is 5.69 Å². The van der Waals surface area contributed by atoms with Crippen molar-refractivity contribution in [2.24, 2.45) is 0 Å². The van der Waals surface area contributed by atoms with Crippen molar-refractivity contribution < 1.29 is 9.18 Å². The maximum atomic E-state index is 12.7. The largest absolute Gasteiger partial charge is 0.325 e. The highest BCUT2D eigenvalue weighted by atomic mass is 32.1. The summed E-state index contributed by atoms with van der Waals surface area (Å²) in [5, 5.41) is 7.85. The normalized spacial score (nSPS) is 12.1. The number of thiophene rings is 1. The number of nitrogens with one attached hydrogen (secondary N) is 2. The van der Waals surface area contributed by atoms with Crippen molar-refractivity contribution >= 4 is 22.9 Å². The highest BCUT2D eigenvalue weighted by Crippen LogP contribution is 2.17. The van der Waals surface area contributed by atoms with Gasteiger partial charge in [-0.15, -0.1) is 11.3 Å². The quantitative estimate of drug-likeness (QED) is 0.882. The Balaban J connectivity index is 1.80. The molecule has 2 aromatic rings. The molecule has 0 bridgehead atoms. The molecule has 0 unspecified atom stereocenters. The smallest absolute Gasteiger partial charge is 0.238 e. The summed E-state index contributed by atoms with van der Waals surface area (Å²) >= 11 is 1.65. The number of rotatable bonds is 5. The minimum atomic E-state index is -0.317. The number of anilines is 1. The fourth-order valence-corrected chi connectivity index (χ4v) is 2.38. The van der Waals surface area contributed by atoms with Crippen LogP contribution in [0.2, 0.25) is 0 Å². The zero-order valence-corrected chi connectivity index (χ0v) is 11.3. The van der Waals surface area contributed by atoms with Gasteiger partial charge >= 0.3 is 0 Å². The molecular formula is C14H15FN2OS. The molecule has 5 heteroatoms. The standard InChI is InChI=1S/C14H15FN2OS/c1-10(13-3-2-8-19-13)16-9-14(18)17-12-6-4-11(15)5-7-12/h2-8,10,16H,9H2,1H3,(H,17,18)/t10-/m0/s1. The average Bonchev–Trinajstić information content (AvgIpc) is 2.93. The van der Waals surface area contributed by atoms with E-state index in [2.05, 4.69) is 10.6 Å². The lowest BCUT2D eigenvalue weighted by Crippen LogP contribution is -2.29. The van der Waals surface area contributed by atoms with Crippen LogP contribution in [-0.4, -0.2) is 12.5 Å². The predicted molar refractivity (Wildman–Crippen MR) is 75.8 cm³/mol. The lowest BCUT2D eigenvalue weighted by Gasteiger charge is -2.12. The third-order valence-electron chi connectivity index (χ3n) is 2.67. The van der Waals surface area contributed by atoms with Crippen LogP contribution in [0.1, 0.15) is 17.8 Å². The summed E-state index contributed by atoms with van der Waals surface area (Å²) in [5.74, 6) is -0.461. The molecule has 1 aromatic heterocycles. The van der Waals surface area contributed by atoms with Gasteiger partial charge in [-0.05, 0) is 42.6 Å². The second-order valence-electron chi connectivity index (χ2n) is 4.17. The number of halogens is 1. The first kappa shape index (κ1) is 13.7. The van der Waals surface area contributed by atoms with Crippen LogP contribution in [0.5, 0.6) is 0 Å². The Bertz CT molecular complexity index is 525. The van der Waals surface area contributed by atoms with Gasteiger partial charge in [0, 0.05) is 16.6 Å². The van der Waals surface area contributed by atoms with Crippen molar-refractivity contribution in [3.8, 4) is 0 Å². The molecule has 1 heterocycles. The molecule has 2 rings (SSSR count). The molecule has 3 nitrogen and oxygen atoms in total. The number of carbonyl (C=O) groups is 1. The van der Waals surface area contributed by atoms with E-state index in [1.165, 1.54) is 29.1 Å². The van der Waals surface area contributed by atoms with Crippen LogP contribution in [0, 0.1) is 5.82 Å². The second-order valence-corrected chi connectivity index (χ2v) is 5.15. The lowest BCUT2D eigenvalue weighted by atomic mass is 10.2. The molecule has 19 heavy (non-hydrogen) atoms. The fourth-order valence-electron chi connectivity index (χ4n) is 1.62. The fraction of sp³-hybridized carbons (Fsp3) is 0.214. The van der Waals surface area contributed by atoms with Crippen LogP contribution in [0.15, 0.2) is 41.8 Å². The van der Waals surface area contributed by atoms with E-state index in [-0.39, 0.29) is 24.3 Å². The molecule has 0 spiro atoms. The van der Waals surface area contributed by atoms with E-state index in [1.807, 2.05) is 24.4 Å². The van der Waals surface area contributed by atoms with Gasteiger partial charge in [-0.1, -0.05) is 6.07 Å². The van der Waals surface area contributed by atoms with Crippen LogP contribution in [0.4, 0.5) is 10.1 Å². The van der Waals surface area contributed by atoms with Gasteiger partial charge in [-0.3, -0.25) is 4.79 Å². The Hall–Kier alpha value is -1.72. The van der Waals surface area contributed by atoms with Gasteiger partial charge in [0.25, 0.3) is 0 Å². The van der Waals surface area contributed by atoms with E-state index in [0.717, 1.165) is 0 Å². The first-order valence-electron chi connectivity index (χ1n) is 5.97. The lowest BCUT2D eigenvalue weighted by molar-refractivity contribution is -0.115. The average molecular weight is 278 g/mol. The van der Waals surface area contributed by atoms with Gasteiger partial charge in [0.15, 0.2) is 0 Å². The summed E-state index contributed by atoms with van der Waals surface area (Å²) in [6, 6.07) is 9.86. The first-order valence-corrected chi connectivity index (χ1v) is 6.85. The number of carbonyl (C=O) groups excluding carboxylic acids is 1. The molecule has 2 N–H and O–H groups in total. The Morgan fingerprint density at radius 3 is 2.68 bits per heavy atom. The minimum absolute atomic E-state index is 0.138. The SMILES string of the molecule is C[C@H](NCC(=O)Nc1ccc(F)cc1)c1cccs1. The molecule has 100 valence electrons. The minimum Gasteiger partial charge on any atom is -0.325 e. The van der Waals surface area contributed by atoms with Gasteiger partial charge < -0.3 is 10.6 Å². The van der Waals surface area contributed by atoms with Gasteiger partial charge in [0.1, 0.15) is 5.82 Å². The number of hydrogen-bond donors (Lipinski definition) is 2. The van der Waals surface area contributed by atoms with E-state index in [1.54, 1.807) is 11.3 Å². The van der Waals surface area contributed by atoms with Crippen molar-refractivity contribution in [2.45, 2.75) is 13.0 Å². The highest BCUT2D eigenvalue weighted by Gasteiger charge is 2.08. The monoisotopic (exact) mass is 278 g/mol. The van der Waals surface area contributed by atoms with Gasteiger partial charge in [-0.2, -0.15) is 0 Å². The van der Waals surface area contributed by atoms with E-state index in [4.69, 9.17) is 0 Å². The van der Waals surface area contributed by atoms with Gasteiger partial charge in [-0.25, -0.2) is 4.39 Å². The Morgan fingerprint density at radius 2 is 2.05 bits per heavy atom. The van der Waals surface area contributed by atoms with Gasteiger partial charge in [0.05, 0.1) is 6.54 Å². The van der Waals surface area contributed by atoms with Crippen LogP contribution in [0.3, 0.4) is 0 Å². The Morgan fingerprint density at radius 1 is 1.32 bits per heavy atom. The third-order valence-corrected chi connectivity index (χ3v) is 3.72. The van der Waals surface area contributed by atoms with E-state index < -0.39 is 0 Å². The molecular weight excluding hydrogens is 263 g/mol. The summed E-state index contributed by atoms with van der Waals surface area (Å²) in [6.45, 7) is 2.23. The zero-order chi connectivity index (χ0) is 13.7. The van der Waals surface area contributed by atoms with Gasteiger partial charge in [0.2, 0.25) is 5.91 Å². The first-order chi connectivity index (χ1) is 9.15. The second kappa shape index (κ2) is 6.45. The van der Waals surface area contributed by atoms with Crippen molar-refractivity contribution in [2.75, 3.05) is 11.9 Å². The van der Waals surface area contributed by atoms with Crippen molar-refractivity contribution in [3.63, 3.8) is 0 Å². The summed E-state index contributed by atoms with van der Waals surface area (Å²) in [4.78, 5) is 12.9. The molecule has 0 aliphatic carbocycles. The Labute approximate surface area is 115 Å². The van der Waals surface area contributed by atoms with Crippen LogP contribution < -0.4 is 10.6 Å². The predicted octanol–water partition coefficient (Wildman–Crippen LogP) is 3.18. The summed E-state index contributed by atoms with van der Waals surface area (Å²) in [6.07, 6.45) is 0. The number of hydrogen-bond acceptors (Lipinski definition) is 3. The molecule has 0 aliphatic rings. The topological polar surface area (TPSA) is 41.1 Å². The van der Waals surface area contributed by atoms with Crippen molar-refractivity contribution in [1.82, 2.24) is 5.32 Å². The summed E-state index contributed by atoms with van der Waals surface area (Å²) < 4.78 is 12.7. The third kappa shape index (κ3) is 4.15. The van der Waals surface area contributed by atoms with E-state index >= 15 is 0 Å². The molecule has 0 fully saturated rings. The van der Waals surface area contributed by atoms with Crippen molar-refractivity contribution in [3.05, 3.63) is 52.5 Å². The van der Waals surface area contributed by atoms with Crippen LogP contribution in [0.25, 0.3) is 0 Å². The van der Waals surface area contributed by atoms with Crippen LogP contribution in [-0.2, 0) is 4.79 Å².